The lowest BCUT2D eigenvalue weighted by Crippen LogP contribution is -2.26. The van der Waals surface area contributed by atoms with Gasteiger partial charge in [-0.3, -0.25) is 0 Å². The van der Waals surface area contributed by atoms with Crippen LogP contribution in [0.1, 0.15) is 29.2 Å². The van der Waals surface area contributed by atoms with Crippen LogP contribution in [0.25, 0.3) is 0 Å². The van der Waals surface area contributed by atoms with Gasteiger partial charge in [-0.15, -0.1) is 11.3 Å². The minimum absolute atomic E-state index is 0.266. The first kappa shape index (κ1) is 15.6. The van der Waals surface area contributed by atoms with Crippen LogP contribution in [0.15, 0.2) is 34.5 Å². The number of aromatic nitrogens is 1. The molecule has 1 atom stereocenters. The highest BCUT2D eigenvalue weighted by Crippen LogP contribution is 2.20. The molecule has 0 aliphatic carbocycles. The van der Waals surface area contributed by atoms with Crippen LogP contribution in [0, 0.1) is 6.92 Å². The van der Waals surface area contributed by atoms with E-state index in [0.717, 1.165) is 16.3 Å². The number of aryl methyl sites for hydroxylation is 1. The molecule has 0 fully saturated rings. The zero-order valence-corrected chi connectivity index (χ0v) is 14.3. The van der Waals surface area contributed by atoms with Crippen LogP contribution >= 0.6 is 27.3 Å². The van der Waals surface area contributed by atoms with E-state index < -0.39 is 10.0 Å². The summed E-state index contributed by atoms with van der Waals surface area (Å²) < 4.78 is 27.2. The summed E-state index contributed by atoms with van der Waals surface area (Å²) in [6.07, 6.45) is 0. The van der Waals surface area contributed by atoms with Gasteiger partial charge >= 0.3 is 0 Å². The highest BCUT2D eigenvalue weighted by atomic mass is 79.9. The maximum atomic E-state index is 12.3. The maximum Gasteiger partial charge on any atom is 0.241 e. The molecule has 20 heavy (non-hydrogen) atoms. The Labute approximate surface area is 131 Å². The van der Waals surface area contributed by atoms with Gasteiger partial charge in [0.15, 0.2) is 0 Å². The zero-order valence-electron chi connectivity index (χ0n) is 11.1. The van der Waals surface area contributed by atoms with E-state index in [-0.39, 0.29) is 10.9 Å². The Bertz CT molecular complexity index is 681. The van der Waals surface area contributed by atoms with Gasteiger partial charge in [-0.25, -0.2) is 18.1 Å². The lowest BCUT2D eigenvalue weighted by molar-refractivity contribution is 0.566. The molecule has 0 radical (unpaired) electrons. The fourth-order valence-corrected chi connectivity index (χ4v) is 4.14. The average molecular weight is 375 g/mol. The van der Waals surface area contributed by atoms with Gasteiger partial charge in [0.2, 0.25) is 10.0 Å². The van der Waals surface area contributed by atoms with Gasteiger partial charge in [0, 0.05) is 16.4 Å². The minimum atomic E-state index is -3.52. The summed E-state index contributed by atoms with van der Waals surface area (Å²) >= 11 is 4.79. The van der Waals surface area contributed by atoms with Crippen molar-refractivity contribution >= 4 is 37.3 Å². The molecule has 0 saturated heterocycles. The van der Waals surface area contributed by atoms with Crippen LogP contribution in [-0.4, -0.2) is 13.4 Å². The lowest BCUT2D eigenvalue weighted by atomic mass is 10.2. The third-order valence-corrected chi connectivity index (χ3v) is 6.08. The van der Waals surface area contributed by atoms with E-state index in [1.54, 1.807) is 31.2 Å². The Hall–Kier alpha value is -0.760. The Kier molecular flexibility index (Phi) is 4.95. The molecule has 108 valence electrons. The van der Waals surface area contributed by atoms with E-state index in [0.29, 0.717) is 5.33 Å². The van der Waals surface area contributed by atoms with E-state index in [9.17, 15) is 8.42 Å². The zero-order chi connectivity index (χ0) is 14.8. The van der Waals surface area contributed by atoms with Crippen LogP contribution in [0.4, 0.5) is 0 Å². The topological polar surface area (TPSA) is 59.1 Å². The van der Waals surface area contributed by atoms with Crippen LogP contribution in [0.5, 0.6) is 0 Å². The molecule has 1 heterocycles. The van der Waals surface area contributed by atoms with Crippen molar-refractivity contribution in [2.45, 2.75) is 30.1 Å². The molecular formula is C13H15BrN2O2S2. The number of benzene rings is 1. The number of hydrogen-bond donors (Lipinski definition) is 1. The predicted molar refractivity (Wildman–Crippen MR) is 84.7 cm³/mol. The van der Waals surface area contributed by atoms with Crippen molar-refractivity contribution in [3.8, 4) is 0 Å². The second-order valence-electron chi connectivity index (χ2n) is 4.45. The largest absolute Gasteiger partial charge is 0.245 e. The molecule has 0 aliphatic heterocycles. The second-order valence-corrected chi connectivity index (χ2v) is 7.61. The molecule has 4 nitrogen and oxygen atoms in total. The summed E-state index contributed by atoms with van der Waals surface area (Å²) in [4.78, 5) is 4.57. The smallest absolute Gasteiger partial charge is 0.241 e. The summed E-state index contributed by atoms with van der Waals surface area (Å²) in [6, 6.07) is 6.47. The second kappa shape index (κ2) is 6.34. The minimum Gasteiger partial charge on any atom is -0.245 e. The number of nitrogens with one attached hydrogen (secondary N) is 1. The number of rotatable bonds is 5. The third-order valence-electron chi connectivity index (χ3n) is 2.73. The van der Waals surface area contributed by atoms with Gasteiger partial charge in [-0.05, 0) is 31.5 Å². The van der Waals surface area contributed by atoms with Crippen molar-refractivity contribution in [1.29, 1.82) is 0 Å². The van der Waals surface area contributed by atoms with Crippen molar-refractivity contribution in [3.63, 3.8) is 0 Å². The lowest BCUT2D eigenvalue weighted by Gasteiger charge is -2.12. The summed E-state index contributed by atoms with van der Waals surface area (Å²) in [5.41, 5.74) is 1.94. The van der Waals surface area contributed by atoms with Crippen molar-refractivity contribution in [2.75, 3.05) is 0 Å². The molecule has 0 bridgehead atoms. The van der Waals surface area contributed by atoms with Crippen LogP contribution in [0.3, 0.4) is 0 Å². The number of halogens is 1. The molecule has 1 aromatic carbocycles. The van der Waals surface area contributed by atoms with E-state index in [2.05, 4.69) is 25.6 Å². The molecule has 7 heteroatoms. The molecule has 2 aromatic rings. The molecule has 0 amide bonds. The third kappa shape index (κ3) is 3.66. The number of hydrogen-bond acceptors (Lipinski definition) is 4. The van der Waals surface area contributed by atoms with Gasteiger partial charge in [0.05, 0.1) is 10.9 Å². The molecular weight excluding hydrogens is 360 g/mol. The van der Waals surface area contributed by atoms with E-state index in [1.807, 2.05) is 12.3 Å². The maximum absolute atomic E-state index is 12.3. The monoisotopic (exact) mass is 374 g/mol. The molecule has 1 unspecified atom stereocenters. The molecule has 2 rings (SSSR count). The SMILES string of the molecule is Cc1csc(C(C)NS(=O)(=O)c2ccc(CBr)cc2)n1. The number of sulfonamides is 1. The highest BCUT2D eigenvalue weighted by molar-refractivity contribution is 9.08. The molecule has 0 spiro atoms. The Morgan fingerprint density at radius 1 is 1.35 bits per heavy atom. The van der Waals surface area contributed by atoms with Crippen molar-refractivity contribution in [2.24, 2.45) is 0 Å². The van der Waals surface area contributed by atoms with Gasteiger partial charge in [-0.1, -0.05) is 28.1 Å². The quantitative estimate of drug-likeness (QED) is 0.815. The van der Waals surface area contributed by atoms with Gasteiger partial charge in [0.25, 0.3) is 0 Å². The first-order chi connectivity index (χ1) is 9.42. The van der Waals surface area contributed by atoms with Gasteiger partial charge < -0.3 is 0 Å². The van der Waals surface area contributed by atoms with Gasteiger partial charge in [-0.2, -0.15) is 0 Å². The fourth-order valence-electron chi connectivity index (χ4n) is 1.68. The Balaban J connectivity index is 2.17. The van der Waals surface area contributed by atoms with Crippen LogP contribution in [-0.2, 0) is 15.4 Å². The molecule has 0 saturated carbocycles. The molecule has 0 aliphatic rings. The Morgan fingerprint density at radius 2 is 2.00 bits per heavy atom. The van der Waals surface area contributed by atoms with Crippen LogP contribution in [0.2, 0.25) is 0 Å². The summed E-state index contributed by atoms with van der Waals surface area (Å²) in [5.74, 6) is 0. The highest BCUT2D eigenvalue weighted by Gasteiger charge is 2.19. The van der Waals surface area contributed by atoms with Crippen molar-refractivity contribution in [3.05, 3.63) is 45.9 Å². The first-order valence-corrected chi connectivity index (χ1v) is 9.50. The average Bonchev–Trinajstić information content (AvgIpc) is 2.85. The first-order valence-electron chi connectivity index (χ1n) is 6.01. The molecule has 1 aromatic heterocycles. The standard InChI is InChI=1S/C13H15BrN2O2S2/c1-9-8-19-13(15-9)10(2)16-20(17,18)12-5-3-11(7-14)4-6-12/h3-6,8,10,16H,7H2,1-2H3. The molecule has 1 N–H and O–H groups in total. The summed E-state index contributed by atoms with van der Waals surface area (Å²) in [7, 11) is -3.52. The number of alkyl halides is 1. The fraction of sp³-hybridized carbons (Fsp3) is 0.308. The Morgan fingerprint density at radius 3 is 2.50 bits per heavy atom. The summed E-state index contributed by atoms with van der Waals surface area (Å²) in [6.45, 7) is 3.68. The number of thiazole rings is 1. The van der Waals surface area contributed by atoms with E-state index in [4.69, 9.17) is 0 Å². The van der Waals surface area contributed by atoms with Crippen molar-refractivity contribution in [1.82, 2.24) is 9.71 Å². The normalized spacial score (nSPS) is 13.3. The summed E-state index contributed by atoms with van der Waals surface area (Å²) in [5, 5.41) is 3.38. The van der Waals surface area contributed by atoms with Gasteiger partial charge in [0.1, 0.15) is 5.01 Å². The van der Waals surface area contributed by atoms with Crippen LogP contribution < -0.4 is 4.72 Å². The van der Waals surface area contributed by atoms with Crippen molar-refractivity contribution < 1.29 is 8.42 Å². The number of nitrogens with zero attached hydrogens (tertiary/aromatic N) is 1. The van der Waals surface area contributed by atoms with E-state index in [1.165, 1.54) is 11.3 Å². The predicted octanol–water partition coefficient (Wildman–Crippen LogP) is 3.39. The van der Waals surface area contributed by atoms with E-state index >= 15 is 0 Å².